The van der Waals surface area contributed by atoms with Crippen LogP contribution in [0.1, 0.15) is 5.56 Å². The summed E-state index contributed by atoms with van der Waals surface area (Å²) in [7, 11) is 0. The molecule has 0 aliphatic heterocycles. The fraction of sp³-hybridized carbons (Fsp3) is 0.111. The maximum absolute atomic E-state index is 11.0. The number of rotatable bonds is 3. The Morgan fingerprint density at radius 3 is 2.69 bits per heavy atom. The SMILES string of the molecule is NNC(=O)Cc1ccc(-n2cnnn2)cc1. The minimum Gasteiger partial charge on any atom is -0.294 e. The Balaban J connectivity index is 2.14. The van der Waals surface area contributed by atoms with Crippen LogP contribution in [0.3, 0.4) is 0 Å². The molecule has 0 aliphatic rings. The second-order valence-corrected chi connectivity index (χ2v) is 3.17. The lowest BCUT2D eigenvalue weighted by Gasteiger charge is -2.02. The molecule has 0 spiro atoms. The quantitative estimate of drug-likeness (QED) is 0.399. The van der Waals surface area contributed by atoms with E-state index in [-0.39, 0.29) is 12.3 Å². The Bertz CT molecular complexity index is 463. The van der Waals surface area contributed by atoms with Crippen LogP contribution in [0, 0.1) is 0 Å². The zero-order valence-corrected chi connectivity index (χ0v) is 8.37. The summed E-state index contributed by atoms with van der Waals surface area (Å²) in [6.45, 7) is 0. The Morgan fingerprint density at radius 2 is 2.12 bits per heavy atom. The number of amides is 1. The third-order valence-electron chi connectivity index (χ3n) is 2.08. The number of nitrogens with one attached hydrogen (secondary N) is 1. The molecule has 82 valence electrons. The van der Waals surface area contributed by atoms with Gasteiger partial charge in [-0.25, -0.2) is 10.5 Å². The average molecular weight is 218 g/mol. The molecule has 0 radical (unpaired) electrons. The highest BCUT2D eigenvalue weighted by atomic mass is 16.2. The summed E-state index contributed by atoms with van der Waals surface area (Å²) in [5.41, 5.74) is 3.79. The molecule has 1 aromatic heterocycles. The molecule has 0 unspecified atom stereocenters. The summed E-state index contributed by atoms with van der Waals surface area (Å²) >= 11 is 0. The van der Waals surface area contributed by atoms with Gasteiger partial charge < -0.3 is 0 Å². The molecule has 7 heteroatoms. The van der Waals surface area contributed by atoms with Crippen LogP contribution in [0.2, 0.25) is 0 Å². The van der Waals surface area contributed by atoms with Crippen LogP contribution >= 0.6 is 0 Å². The standard InChI is InChI=1S/C9H10N6O/c10-12-9(16)5-7-1-3-8(4-2-7)15-6-11-13-14-15/h1-4,6H,5,10H2,(H,12,16). The van der Waals surface area contributed by atoms with Gasteiger partial charge >= 0.3 is 0 Å². The van der Waals surface area contributed by atoms with Gasteiger partial charge in [0.15, 0.2) is 0 Å². The van der Waals surface area contributed by atoms with Crippen LogP contribution in [0.15, 0.2) is 30.6 Å². The van der Waals surface area contributed by atoms with Gasteiger partial charge in [0.05, 0.1) is 12.1 Å². The zero-order valence-electron chi connectivity index (χ0n) is 8.37. The molecule has 2 rings (SSSR count). The summed E-state index contributed by atoms with van der Waals surface area (Å²) in [5.74, 6) is 4.77. The average Bonchev–Trinajstić information content (AvgIpc) is 2.83. The molecule has 7 nitrogen and oxygen atoms in total. The summed E-state index contributed by atoms with van der Waals surface area (Å²) in [6, 6.07) is 7.31. The fourth-order valence-corrected chi connectivity index (χ4v) is 1.28. The van der Waals surface area contributed by atoms with Crippen molar-refractivity contribution in [2.45, 2.75) is 6.42 Å². The number of carbonyl (C=O) groups is 1. The lowest BCUT2D eigenvalue weighted by Crippen LogP contribution is -2.31. The number of tetrazole rings is 1. The van der Waals surface area contributed by atoms with Crippen molar-refractivity contribution in [2.75, 3.05) is 0 Å². The first kappa shape index (κ1) is 10.2. The van der Waals surface area contributed by atoms with E-state index >= 15 is 0 Å². The number of nitrogens with zero attached hydrogens (tertiary/aromatic N) is 4. The molecule has 0 fully saturated rings. The molecule has 2 aromatic rings. The number of hydrogen-bond acceptors (Lipinski definition) is 5. The van der Waals surface area contributed by atoms with Crippen LogP contribution in [0.4, 0.5) is 0 Å². The van der Waals surface area contributed by atoms with E-state index in [9.17, 15) is 4.79 Å². The fourth-order valence-electron chi connectivity index (χ4n) is 1.28. The van der Waals surface area contributed by atoms with Crippen molar-refractivity contribution in [1.82, 2.24) is 25.6 Å². The van der Waals surface area contributed by atoms with Crippen molar-refractivity contribution < 1.29 is 4.79 Å². The molecular weight excluding hydrogens is 208 g/mol. The van der Waals surface area contributed by atoms with Crippen LogP contribution in [-0.2, 0) is 11.2 Å². The van der Waals surface area contributed by atoms with Gasteiger partial charge in [-0.15, -0.1) is 5.10 Å². The highest BCUT2D eigenvalue weighted by Gasteiger charge is 2.02. The third-order valence-corrected chi connectivity index (χ3v) is 2.08. The van der Waals surface area contributed by atoms with E-state index in [0.717, 1.165) is 11.3 Å². The van der Waals surface area contributed by atoms with E-state index in [1.807, 2.05) is 24.3 Å². The molecular formula is C9H10N6O. The Morgan fingerprint density at radius 1 is 1.38 bits per heavy atom. The first-order chi connectivity index (χ1) is 7.79. The van der Waals surface area contributed by atoms with Crippen molar-refractivity contribution in [3.05, 3.63) is 36.2 Å². The van der Waals surface area contributed by atoms with E-state index < -0.39 is 0 Å². The summed E-state index contributed by atoms with van der Waals surface area (Å²) in [6.07, 6.45) is 1.76. The summed E-state index contributed by atoms with van der Waals surface area (Å²) < 4.78 is 1.53. The molecule has 0 saturated heterocycles. The molecule has 0 saturated carbocycles. The zero-order chi connectivity index (χ0) is 11.4. The number of carbonyl (C=O) groups excluding carboxylic acids is 1. The third kappa shape index (κ3) is 2.20. The number of hydrogen-bond donors (Lipinski definition) is 2. The lowest BCUT2D eigenvalue weighted by atomic mass is 10.1. The summed E-state index contributed by atoms with van der Waals surface area (Å²) in [4.78, 5) is 11.0. The van der Waals surface area contributed by atoms with E-state index in [1.54, 1.807) is 0 Å². The minimum atomic E-state index is -0.227. The van der Waals surface area contributed by atoms with Gasteiger partial charge in [-0.05, 0) is 28.1 Å². The van der Waals surface area contributed by atoms with Crippen molar-refractivity contribution in [3.8, 4) is 5.69 Å². The van der Waals surface area contributed by atoms with Gasteiger partial charge in [-0.1, -0.05) is 12.1 Å². The molecule has 0 atom stereocenters. The smallest absolute Gasteiger partial charge is 0.238 e. The van der Waals surface area contributed by atoms with Crippen LogP contribution in [0.5, 0.6) is 0 Å². The molecule has 1 heterocycles. The number of benzene rings is 1. The number of nitrogens with two attached hydrogens (primary N) is 1. The van der Waals surface area contributed by atoms with Crippen LogP contribution in [0.25, 0.3) is 5.69 Å². The van der Waals surface area contributed by atoms with Crippen molar-refractivity contribution >= 4 is 5.91 Å². The molecule has 0 bridgehead atoms. The molecule has 0 aliphatic carbocycles. The van der Waals surface area contributed by atoms with Gasteiger partial charge in [-0.3, -0.25) is 10.2 Å². The lowest BCUT2D eigenvalue weighted by molar-refractivity contribution is -0.120. The monoisotopic (exact) mass is 218 g/mol. The van der Waals surface area contributed by atoms with Crippen molar-refractivity contribution in [2.24, 2.45) is 5.84 Å². The molecule has 1 amide bonds. The first-order valence-corrected chi connectivity index (χ1v) is 4.61. The number of aromatic nitrogens is 4. The van der Waals surface area contributed by atoms with Crippen LogP contribution in [-0.4, -0.2) is 26.1 Å². The second kappa shape index (κ2) is 4.49. The van der Waals surface area contributed by atoms with E-state index in [4.69, 9.17) is 5.84 Å². The maximum atomic E-state index is 11.0. The van der Waals surface area contributed by atoms with Crippen molar-refractivity contribution in [3.63, 3.8) is 0 Å². The van der Waals surface area contributed by atoms with Gasteiger partial charge in [-0.2, -0.15) is 0 Å². The number of hydrazine groups is 1. The first-order valence-electron chi connectivity index (χ1n) is 4.61. The normalized spacial score (nSPS) is 10.1. The predicted octanol–water partition coefficient (Wildman–Crippen LogP) is -0.805. The second-order valence-electron chi connectivity index (χ2n) is 3.17. The van der Waals surface area contributed by atoms with Gasteiger partial charge in [0.2, 0.25) is 5.91 Å². The molecule has 1 aromatic carbocycles. The minimum absolute atomic E-state index is 0.227. The van der Waals surface area contributed by atoms with E-state index in [2.05, 4.69) is 21.0 Å². The largest absolute Gasteiger partial charge is 0.294 e. The Labute approximate surface area is 91.2 Å². The van der Waals surface area contributed by atoms with Gasteiger partial charge in [0.1, 0.15) is 6.33 Å². The maximum Gasteiger partial charge on any atom is 0.238 e. The Hall–Kier alpha value is -2.28. The topological polar surface area (TPSA) is 98.7 Å². The molecule has 3 N–H and O–H groups in total. The summed E-state index contributed by atoms with van der Waals surface area (Å²) in [5, 5.41) is 10.8. The highest BCUT2D eigenvalue weighted by Crippen LogP contribution is 2.07. The predicted molar refractivity (Wildman–Crippen MR) is 55.2 cm³/mol. The molecule has 16 heavy (non-hydrogen) atoms. The highest BCUT2D eigenvalue weighted by molar-refractivity contribution is 5.77. The van der Waals surface area contributed by atoms with E-state index in [1.165, 1.54) is 11.0 Å². The van der Waals surface area contributed by atoms with Gasteiger partial charge in [0.25, 0.3) is 0 Å². The van der Waals surface area contributed by atoms with Gasteiger partial charge in [0, 0.05) is 0 Å². The van der Waals surface area contributed by atoms with Crippen LogP contribution < -0.4 is 11.3 Å². The Kier molecular flexibility index (Phi) is 2.88. The van der Waals surface area contributed by atoms with Crippen molar-refractivity contribution in [1.29, 1.82) is 0 Å². The van der Waals surface area contributed by atoms with E-state index in [0.29, 0.717) is 0 Å².